The zero-order valence-electron chi connectivity index (χ0n) is 17.6. The van der Waals surface area contributed by atoms with Crippen LogP contribution in [0, 0.1) is 29.6 Å². The standard InChI is InChI=1S/C22H38O4/c1-8-11-14(4)20-21(7,26-20)16(6)17(9-2)19(23)18-13-25-22(24,10-3)12-15(18)5/h8,11,14-18,20,24H,9-10,12-13H2,1-7H3. The van der Waals surface area contributed by atoms with Crippen LogP contribution in [0.25, 0.3) is 0 Å². The van der Waals surface area contributed by atoms with Crippen LogP contribution < -0.4 is 0 Å². The molecule has 4 heteroatoms. The molecule has 2 rings (SSSR count). The van der Waals surface area contributed by atoms with E-state index in [0.717, 1.165) is 6.42 Å². The zero-order chi connectivity index (χ0) is 19.7. The smallest absolute Gasteiger partial charge is 0.165 e. The summed E-state index contributed by atoms with van der Waals surface area (Å²) < 4.78 is 11.8. The number of aliphatic hydroxyl groups is 1. The van der Waals surface area contributed by atoms with Gasteiger partial charge in [0.2, 0.25) is 0 Å². The summed E-state index contributed by atoms with van der Waals surface area (Å²) in [7, 11) is 0. The number of Topliss-reactive ketones (excluding diaryl/α,β-unsaturated/α-hetero) is 1. The summed E-state index contributed by atoms with van der Waals surface area (Å²) in [4.78, 5) is 13.3. The first-order valence-electron chi connectivity index (χ1n) is 10.3. The van der Waals surface area contributed by atoms with Gasteiger partial charge >= 0.3 is 0 Å². The quantitative estimate of drug-likeness (QED) is 0.512. The largest absolute Gasteiger partial charge is 0.365 e. The Kier molecular flexibility index (Phi) is 6.74. The van der Waals surface area contributed by atoms with Gasteiger partial charge in [-0.15, -0.1) is 0 Å². The van der Waals surface area contributed by atoms with E-state index >= 15 is 0 Å². The van der Waals surface area contributed by atoms with Crippen molar-refractivity contribution < 1.29 is 19.4 Å². The van der Waals surface area contributed by atoms with E-state index < -0.39 is 5.79 Å². The van der Waals surface area contributed by atoms with E-state index in [4.69, 9.17) is 9.47 Å². The molecule has 2 aliphatic rings. The number of rotatable bonds is 8. The van der Waals surface area contributed by atoms with Crippen LogP contribution in [0.15, 0.2) is 12.2 Å². The van der Waals surface area contributed by atoms with Gasteiger partial charge in [-0.2, -0.15) is 0 Å². The van der Waals surface area contributed by atoms with Crippen molar-refractivity contribution in [3.8, 4) is 0 Å². The molecule has 4 nitrogen and oxygen atoms in total. The molecule has 1 N–H and O–H groups in total. The minimum Gasteiger partial charge on any atom is -0.365 e. The van der Waals surface area contributed by atoms with E-state index in [2.05, 4.69) is 46.8 Å². The third-order valence-electron chi connectivity index (χ3n) is 6.95. The lowest BCUT2D eigenvalue weighted by Gasteiger charge is -2.41. The average Bonchev–Trinajstić information content (AvgIpc) is 3.29. The number of hydrogen-bond donors (Lipinski definition) is 1. The highest BCUT2D eigenvalue weighted by Gasteiger charge is 2.60. The van der Waals surface area contributed by atoms with Gasteiger partial charge in [-0.1, -0.05) is 46.8 Å². The topological polar surface area (TPSA) is 59.1 Å². The molecule has 150 valence electrons. The predicted molar refractivity (Wildman–Crippen MR) is 104 cm³/mol. The van der Waals surface area contributed by atoms with Crippen LogP contribution in [-0.4, -0.2) is 35.0 Å². The maximum atomic E-state index is 13.3. The number of allylic oxidation sites excluding steroid dienone is 1. The molecule has 2 fully saturated rings. The fourth-order valence-corrected chi connectivity index (χ4v) is 4.84. The highest BCUT2D eigenvalue weighted by Crippen LogP contribution is 2.51. The normalized spacial score (nSPS) is 41.0. The van der Waals surface area contributed by atoms with Crippen molar-refractivity contribution in [2.45, 2.75) is 85.2 Å². The molecule has 0 spiro atoms. The van der Waals surface area contributed by atoms with Gasteiger partial charge in [0.05, 0.1) is 18.3 Å². The molecule has 0 radical (unpaired) electrons. The highest BCUT2D eigenvalue weighted by atomic mass is 16.6. The fourth-order valence-electron chi connectivity index (χ4n) is 4.84. The van der Waals surface area contributed by atoms with Gasteiger partial charge in [-0.3, -0.25) is 4.79 Å². The molecule has 26 heavy (non-hydrogen) atoms. The van der Waals surface area contributed by atoms with Crippen molar-refractivity contribution in [1.29, 1.82) is 0 Å². The first kappa shape index (κ1) is 21.6. The van der Waals surface area contributed by atoms with E-state index in [1.807, 2.05) is 13.8 Å². The Balaban J connectivity index is 2.07. The van der Waals surface area contributed by atoms with E-state index in [1.165, 1.54) is 0 Å². The number of carbonyl (C=O) groups is 1. The van der Waals surface area contributed by atoms with E-state index in [9.17, 15) is 9.90 Å². The molecule has 2 heterocycles. The molecule has 2 aliphatic heterocycles. The summed E-state index contributed by atoms with van der Waals surface area (Å²) in [6.45, 7) is 14.9. The monoisotopic (exact) mass is 366 g/mol. The van der Waals surface area contributed by atoms with Crippen LogP contribution in [0.5, 0.6) is 0 Å². The van der Waals surface area contributed by atoms with E-state index in [-0.39, 0.29) is 41.2 Å². The molecular weight excluding hydrogens is 328 g/mol. The molecule has 0 bridgehead atoms. The van der Waals surface area contributed by atoms with Crippen LogP contribution in [0.2, 0.25) is 0 Å². The number of carbonyl (C=O) groups excluding carboxylic acids is 1. The Bertz CT molecular complexity index is 530. The van der Waals surface area contributed by atoms with Crippen molar-refractivity contribution in [2.75, 3.05) is 6.61 Å². The average molecular weight is 367 g/mol. The van der Waals surface area contributed by atoms with Crippen molar-refractivity contribution >= 4 is 5.78 Å². The molecule has 0 aromatic rings. The van der Waals surface area contributed by atoms with Gasteiger partial charge in [0, 0.05) is 24.2 Å². The molecule has 2 saturated heterocycles. The minimum atomic E-state index is -1.07. The van der Waals surface area contributed by atoms with Crippen LogP contribution in [0.3, 0.4) is 0 Å². The molecular formula is C22H38O4. The molecule has 0 saturated carbocycles. The van der Waals surface area contributed by atoms with Crippen LogP contribution in [0.4, 0.5) is 0 Å². The molecule has 0 aromatic carbocycles. The minimum absolute atomic E-state index is 0.0355. The number of ketones is 1. The van der Waals surface area contributed by atoms with Gasteiger partial charge < -0.3 is 14.6 Å². The lowest BCUT2D eigenvalue weighted by atomic mass is 9.71. The zero-order valence-corrected chi connectivity index (χ0v) is 17.6. The first-order valence-corrected chi connectivity index (χ1v) is 10.3. The second-order valence-corrected chi connectivity index (χ2v) is 8.71. The molecule has 0 amide bonds. The van der Waals surface area contributed by atoms with Crippen LogP contribution >= 0.6 is 0 Å². The predicted octanol–water partition coefficient (Wildman–Crippen LogP) is 4.36. The second kappa shape index (κ2) is 8.12. The molecule has 0 aliphatic carbocycles. The summed E-state index contributed by atoms with van der Waals surface area (Å²) in [5, 5.41) is 10.4. The third kappa shape index (κ3) is 4.07. The number of hydrogen-bond acceptors (Lipinski definition) is 4. The van der Waals surface area contributed by atoms with Gasteiger partial charge in [0.15, 0.2) is 5.79 Å². The summed E-state index contributed by atoms with van der Waals surface area (Å²) in [5.41, 5.74) is -0.238. The third-order valence-corrected chi connectivity index (χ3v) is 6.95. The van der Waals surface area contributed by atoms with Crippen molar-refractivity contribution in [1.82, 2.24) is 0 Å². The summed E-state index contributed by atoms with van der Waals surface area (Å²) in [6, 6.07) is 0. The fraction of sp³-hybridized carbons (Fsp3) is 0.864. The van der Waals surface area contributed by atoms with Crippen molar-refractivity contribution in [3.63, 3.8) is 0 Å². The lowest BCUT2D eigenvalue weighted by molar-refractivity contribution is -0.247. The Hall–Kier alpha value is -0.710. The maximum Gasteiger partial charge on any atom is 0.165 e. The summed E-state index contributed by atoms with van der Waals surface area (Å²) in [6.07, 6.45) is 6.32. The Morgan fingerprint density at radius 3 is 2.50 bits per heavy atom. The molecule has 8 unspecified atom stereocenters. The van der Waals surface area contributed by atoms with Gasteiger partial charge in [-0.05, 0) is 38.5 Å². The number of epoxide rings is 1. The summed E-state index contributed by atoms with van der Waals surface area (Å²) in [5.74, 6) is -0.307. The van der Waals surface area contributed by atoms with Crippen molar-refractivity contribution in [3.05, 3.63) is 12.2 Å². The van der Waals surface area contributed by atoms with E-state index in [1.54, 1.807) is 0 Å². The molecule has 0 aromatic heterocycles. The van der Waals surface area contributed by atoms with E-state index in [0.29, 0.717) is 25.4 Å². The van der Waals surface area contributed by atoms with Gasteiger partial charge in [0.25, 0.3) is 0 Å². The maximum absolute atomic E-state index is 13.3. The second-order valence-electron chi connectivity index (χ2n) is 8.71. The Labute approximate surface area is 159 Å². The number of ether oxygens (including phenoxy) is 2. The Morgan fingerprint density at radius 2 is 2.00 bits per heavy atom. The highest BCUT2D eigenvalue weighted by molar-refractivity contribution is 5.84. The van der Waals surface area contributed by atoms with Gasteiger partial charge in [0.1, 0.15) is 5.78 Å². The van der Waals surface area contributed by atoms with Crippen LogP contribution in [0.1, 0.15) is 67.7 Å². The SMILES string of the molecule is CC=CC(C)C1OC1(C)C(C)C(CC)C(=O)C1COC(O)(CC)CC1C. The molecule has 8 atom stereocenters. The summed E-state index contributed by atoms with van der Waals surface area (Å²) >= 11 is 0. The first-order chi connectivity index (χ1) is 12.1. The lowest BCUT2D eigenvalue weighted by Crippen LogP contribution is -2.48. The van der Waals surface area contributed by atoms with Crippen molar-refractivity contribution in [2.24, 2.45) is 29.6 Å². The Morgan fingerprint density at radius 1 is 1.35 bits per heavy atom. The van der Waals surface area contributed by atoms with Crippen LogP contribution in [-0.2, 0) is 14.3 Å². The van der Waals surface area contributed by atoms with Gasteiger partial charge in [-0.25, -0.2) is 0 Å².